The van der Waals surface area contributed by atoms with Gasteiger partial charge in [-0.1, -0.05) is 49.7 Å². The van der Waals surface area contributed by atoms with Crippen LogP contribution in [0.25, 0.3) is 0 Å². The van der Waals surface area contributed by atoms with Crippen LogP contribution >= 0.6 is 11.6 Å². The van der Waals surface area contributed by atoms with Gasteiger partial charge in [0.1, 0.15) is 12.6 Å². The van der Waals surface area contributed by atoms with Gasteiger partial charge in [0.2, 0.25) is 21.8 Å². The molecule has 0 aliphatic heterocycles. The Kier molecular flexibility index (Phi) is 9.53. The van der Waals surface area contributed by atoms with Crippen molar-refractivity contribution in [2.45, 2.75) is 47.2 Å². The van der Waals surface area contributed by atoms with Gasteiger partial charge >= 0.3 is 0 Å². The molecule has 0 unspecified atom stereocenters. The van der Waals surface area contributed by atoms with E-state index in [1.54, 1.807) is 43.3 Å². The highest BCUT2D eigenvalue weighted by molar-refractivity contribution is 7.92. The van der Waals surface area contributed by atoms with Gasteiger partial charge in [-0.25, -0.2) is 8.42 Å². The Morgan fingerprint density at radius 1 is 1.03 bits per heavy atom. The molecule has 2 amide bonds. The average molecular weight is 508 g/mol. The second-order valence-corrected chi connectivity index (χ2v) is 11.4. The highest BCUT2D eigenvalue weighted by atomic mass is 35.5. The number of carbonyl (C=O) groups is 2. The number of amides is 2. The van der Waals surface area contributed by atoms with Crippen LogP contribution in [0.3, 0.4) is 0 Å². The minimum absolute atomic E-state index is 0.0687. The number of nitrogens with one attached hydrogen (secondary N) is 1. The maximum absolute atomic E-state index is 13.5. The van der Waals surface area contributed by atoms with Crippen LogP contribution in [0, 0.1) is 19.8 Å². The van der Waals surface area contributed by atoms with Crippen molar-refractivity contribution >= 4 is 39.1 Å². The first-order chi connectivity index (χ1) is 15.8. The Hall–Kier alpha value is -2.58. The van der Waals surface area contributed by atoms with Crippen LogP contribution in [0.1, 0.15) is 37.5 Å². The van der Waals surface area contributed by atoms with E-state index in [9.17, 15) is 18.0 Å². The lowest BCUT2D eigenvalue weighted by Gasteiger charge is -2.32. The summed E-state index contributed by atoms with van der Waals surface area (Å²) in [5.74, 6) is -0.572. The fourth-order valence-corrected chi connectivity index (χ4v) is 4.58. The fraction of sp³-hybridized carbons (Fsp3) is 0.440. The number of halogens is 1. The van der Waals surface area contributed by atoms with Gasteiger partial charge in [-0.3, -0.25) is 13.9 Å². The Morgan fingerprint density at radius 2 is 1.62 bits per heavy atom. The van der Waals surface area contributed by atoms with Gasteiger partial charge in [-0.05, 0) is 61.6 Å². The van der Waals surface area contributed by atoms with Gasteiger partial charge in [0.15, 0.2) is 0 Å². The Morgan fingerprint density at radius 3 is 2.15 bits per heavy atom. The van der Waals surface area contributed by atoms with E-state index >= 15 is 0 Å². The van der Waals surface area contributed by atoms with Crippen molar-refractivity contribution in [3.05, 3.63) is 64.2 Å². The van der Waals surface area contributed by atoms with Crippen LogP contribution in [-0.4, -0.2) is 50.5 Å². The zero-order chi connectivity index (χ0) is 25.6. The Bertz CT molecular complexity index is 1110. The molecule has 7 nitrogen and oxygen atoms in total. The van der Waals surface area contributed by atoms with Crippen LogP contribution in [0.2, 0.25) is 5.02 Å². The summed E-state index contributed by atoms with van der Waals surface area (Å²) in [6, 6.07) is 11.6. The van der Waals surface area contributed by atoms with Crippen LogP contribution < -0.4 is 9.62 Å². The van der Waals surface area contributed by atoms with E-state index in [-0.39, 0.29) is 18.4 Å². The van der Waals surface area contributed by atoms with Crippen LogP contribution in [-0.2, 0) is 26.2 Å². The van der Waals surface area contributed by atoms with Crippen molar-refractivity contribution in [3.8, 4) is 0 Å². The van der Waals surface area contributed by atoms with Crippen molar-refractivity contribution in [3.63, 3.8) is 0 Å². The monoisotopic (exact) mass is 507 g/mol. The molecule has 186 valence electrons. The molecule has 0 fully saturated rings. The van der Waals surface area contributed by atoms with E-state index in [0.717, 1.165) is 21.7 Å². The number of hydrogen-bond donors (Lipinski definition) is 1. The first kappa shape index (κ1) is 27.7. The second kappa shape index (κ2) is 11.7. The van der Waals surface area contributed by atoms with Crippen molar-refractivity contribution in [1.29, 1.82) is 0 Å². The molecule has 1 N–H and O–H groups in total. The predicted molar refractivity (Wildman–Crippen MR) is 137 cm³/mol. The zero-order valence-electron chi connectivity index (χ0n) is 20.6. The van der Waals surface area contributed by atoms with Gasteiger partial charge in [0, 0.05) is 18.1 Å². The number of sulfonamides is 1. The van der Waals surface area contributed by atoms with Crippen LogP contribution in [0.5, 0.6) is 0 Å². The molecule has 0 saturated carbocycles. The van der Waals surface area contributed by atoms with Gasteiger partial charge in [0.25, 0.3) is 0 Å². The van der Waals surface area contributed by atoms with Crippen molar-refractivity contribution in [2.75, 3.05) is 23.7 Å². The molecule has 0 saturated heterocycles. The van der Waals surface area contributed by atoms with Crippen molar-refractivity contribution in [1.82, 2.24) is 10.2 Å². The number of carbonyl (C=O) groups excluding carboxylic acids is 2. The first-order valence-electron chi connectivity index (χ1n) is 11.2. The summed E-state index contributed by atoms with van der Waals surface area (Å²) in [4.78, 5) is 27.8. The fourth-order valence-electron chi connectivity index (χ4n) is 3.55. The molecule has 0 aromatic heterocycles. The van der Waals surface area contributed by atoms with E-state index in [1.165, 1.54) is 4.90 Å². The smallest absolute Gasteiger partial charge is 0.244 e. The molecule has 9 heteroatoms. The minimum atomic E-state index is -3.77. The third kappa shape index (κ3) is 7.74. The molecule has 0 radical (unpaired) electrons. The maximum Gasteiger partial charge on any atom is 0.244 e. The summed E-state index contributed by atoms with van der Waals surface area (Å²) >= 11 is 6.32. The van der Waals surface area contributed by atoms with E-state index in [0.29, 0.717) is 22.8 Å². The summed E-state index contributed by atoms with van der Waals surface area (Å²) in [5.41, 5.74) is 2.83. The molecule has 2 aromatic rings. The summed E-state index contributed by atoms with van der Waals surface area (Å²) in [7, 11) is -3.77. The molecular formula is C25H34ClN3O4S. The molecule has 2 aromatic carbocycles. The number of nitrogens with zero attached hydrogens (tertiary/aromatic N) is 2. The lowest BCUT2D eigenvalue weighted by Crippen LogP contribution is -2.51. The lowest BCUT2D eigenvalue weighted by atomic mass is 10.1. The maximum atomic E-state index is 13.5. The van der Waals surface area contributed by atoms with Gasteiger partial charge in [0.05, 0.1) is 11.9 Å². The predicted octanol–water partition coefficient (Wildman–Crippen LogP) is 3.91. The summed E-state index contributed by atoms with van der Waals surface area (Å²) in [6.45, 7) is 9.42. The van der Waals surface area contributed by atoms with E-state index < -0.39 is 28.5 Å². The van der Waals surface area contributed by atoms with Crippen molar-refractivity contribution < 1.29 is 18.0 Å². The van der Waals surface area contributed by atoms with E-state index in [1.807, 2.05) is 33.8 Å². The van der Waals surface area contributed by atoms with E-state index in [4.69, 9.17) is 11.6 Å². The average Bonchev–Trinajstić information content (AvgIpc) is 2.73. The zero-order valence-corrected chi connectivity index (χ0v) is 22.2. The highest BCUT2D eigenvalue weighted by Gasteiger charge is 2.30. The SMILES string of the molecule is Cc1cc(C)cc(N(CC(=O)N(Cc2ccccc2Cl)[C@@H](C)C(=O)NCC(C)C)S(C)(=O)=O)c1. The Balaban J connectivity index is 2.41. The topological polar surface area (TPSA) is 86.8 Å². The van der Waals surface area contributed by atoms with Gasteiger partial charge in [-0.15, -0.1) is 0 Å². The molecule has 34 heavy (non-hydrogen) atoms. The molecule has 0 spiro atoms. The molecule has 0 heterocycles. The Labute approximate surface area is 208 Å². The largest absolute Gasteiger partial charge is 0.354 e. The number of aryl methyl sites for hydroxylation is 2. The van der Waals surface area contributed by atoms with Crippen molar-refractivity contribution in [2.24, 2.45) is 5.92 Å². The van der Waals surface area contributed by atoms with Gasteiger partial charge < -0.3 is 10.2 Å². The third-order valence-corrected chi connectivity index (χ3v) is 6.83. The first-order valence-corrected chi connectivity index (χ1v) is 13.4. The van der Waals surface area contributed by atoms with Gasteiger partial charge in [-0.2, -0.15) is 0 Å². The number of anilines is 1. The molecule has 0 aliphatic carbocycles. The minimum Gasteiger partial charge on any atom is -0.354 e. The van der Waals surface area contributed by atoms with Crippen LogP contribution in [0.15, 0.2) is 42.5 Å². The van der Waals surface area contributed by atoms with E-state index in [2.05, 4.69) is 5.32 Å². The molecule has 0 aliphatic rings. The summed E-state index contributed by atoms with van der Waals surface area (Å²) in [6.07, 6.45) is 1.06. The summed E-state index contributed by atoms with van der Waals surface area (Å²) in [5, 5.41) is 3.31. The quantitative estimate of drug-likeness (QED) is 0.528. The molecule has 2 rings (SSSR count). The van der Waals surface area contributed by atoms with Crippen LogP contribution in [0.4, 0.5) is 5.69 Å². The second-order valence-electron chi connectivity index (χ2n) is 9.04. The normalized spacial score (nSPS) is 12.4. The number of hydrogen-bond acceptors (Lipinski definition) is 4. The molecule has 0 bridgehead atoms. The lowest BCUT2D eigenvalue weighted by molar-refractivity contribution is -0.139. The molecule has 1 atom stereocenters. The standard InChI is InChI=1S/C25H34ClN3O4S/c1-17(2)14-27-25(31)20(5)28(15-21-9-7-8-10-23(21)26)24(30)16-29(34(6,32)33)22-12-18(3)11-19(4)13-22/h7-13,17,20H,14-16H2,1-6H3,(H,27,31)/t20-/m0/s1. The molecular weight excluding hydrogens is 474 g/mol. The summed E-state index contributed by atoms with van der Waals surface area (Å²) < 4.78 is 26.4. The number of rotatable bonds is 10. The third-order valence-electron chi connectivity index (χ3n) is 5.32. The number of benzene rings is 2. The highest BCUT2D eigenvalue weighted by Crippen LogP contribution is 2.23.